The topological polar surface area (TPSA) is 81.7 Å². The zero-order valence-corrected chi connectivity index (χ0v) is 16.6. The zero-order valence-electron chi connectivity index (χ0n) is 14.2. The largest absolute Gasteiger partial charge is 0.495 e. The Morgan fingerprint density at radius 3 is 2.38 bits per heavy atom. The first-order valence-electron chi connectivity index (χ1n) is 7.51. The minimum absolute atomic E-state index is 0.0194. The Morgan fingerprint density at radius 1 is 1.08 bits per heavy atom. The highest BCUT2D eigenvalue weighted by atomic mass is 35.5. The van der Waals surface area contributed by atoms with Crippen LogP contribution in [0.5, 0.6) is 11.5 Å². The van der Waals surface area contributed by atoms with Crippen molar-refractivity contribution in [1.82, 2.24) is 4.72 Å². The lowest BCUT2D eigenvalue weighted by molar-refractivity contribution is 0.0734. The Morgan fingerprint density at radius 2 is 1.77 bits per heavy atom. The summed E-state index contributed by atoms with van der Waals surface area (Å²) in [6.45, 7) is 3.37. The summed E-state index contributed by atoms with van der Waals surface area (Å²) in [7, 11) is -2.54. The number of hydrogen-bond acceptors (Lipinski definition) is 5. The first kappa shape index (κ1) is 20.5. The average molecular weight is 418 g/mol. The van der Waals surface area contributed by atoms with Crippen molar-refractivity contribution in [2.24, 2.45) is 0 Å². The fourth-order valence-electron chi connectivity index (χ4n) is 2.10. The maximum absolute atomic E-state index is 12.5. The molecule has 0 atom stereocenters. The van der Waals surface area contributed by atoms with Crippen molar-refractivity contribution in [3.8, 4) is 11.5 Å². The fourth-order valence-corrected chi connectivity index (χ4v) is 3.87. The highest BCUT2D eigenvalue weighted by Crippen LogP contribution is 2.30. The van der Waals surface area contributed by atoms with Crippen LogP contribution in [0.15, 0.2) is 41.3 Å². The number of methoxy groups -OCH3 is 1. The quantitative estimate of drug-likeness (QED) is 0.568. The van der Waals surface area contributed by atoms with Crippen molar-refractivity contribution in [3.05, 3.63) is 52.0 Å². The van der Waals surface area contributed by atoms with Gasteiger partial charge in [-0.15, -0.1) is 0 Å². The highest BCUT2D eigenvalue weighted by Gasteiger charge is 2.23. The molecule has 2 aromatic carbocycles. The molecule has 9 heteroatoms. The van der Waals surface area contributed by atoms with Gasteiger partial charge < -0.3 is 9.47 Å². The fraction of sp³-hybridized carbons (Fsp3) is 0.235. The van der Waals surface area contributed by atoms with E-state index in [-0.39, 0.29) is 33.0 Å². The third-order valence-electron chi connectivity index (χ3n) is 3.18. The minimum atomic E-state index is -3.88. The molecule has 6 nitrogen and oxygen atoms in total. The molecular formula is C17H17Cl2NO5S. The van der Waals surface area contributed by atoms with Crippen molar-refractivity contribution in [1.29, 1.82) is 0 Å². The van der Waals surface area contributed by atoms with Gasteiger partial charge in [0.05, 0.1) is 17.7 Å². The molecule has 0 saturated carbocycles. The number of carbonyl (C=O) groups excluding carboxylic acids is 1. The lowest BCUT2D eigenvalue weighted by Crippen LogP contribution is -2.30. The van der Waals surface area contributed by atoms with Crippen LogP contribution < -0.4 is 14.2 Å². The molecule has 0 spiro atoms. The van der Waals surface area contributed by atoms with Gasteiger partial charge in [0.2, 0.25) is 10.0 Å². The van der Waals surface area contributed by atoms with Crippen molar-refractivity contribution >= 4 is 39.2 Å². The van der Waals surface area contributed by atoms with Gasteiger partial charge in [0.25, 0.3) is 0 Å². The molecule has 0 amide bonds. The van der Waals surface area contributed by atoms with Crippen LogP contribution in [0.25, 0.3) is 0 Å². The van der Waals surface area contributed by atoms with Crippen LogP contribution in [0.2, 0.25) is 10.0 Å². The molecule has 0 aliphatic carbocycles. The van der Waals surface area contributed by atoms with Gasteiger partial charge in [-0.25, -0.2) is 17.9 Å². The molecule has 26 heavy (non-hydrogen) atoms. The maximum atomic E-state index is 12.5. The van der Waals surface area contributed by atoms with Crippen molar-refractivity contribution in [2.45, 2.75) is 24.8 Å². The van der Waals surface area contributed by atoms with Crippen molar-refractivity contribution < 1.29 is 22.7 Å². The van der Waals surface area contributed by atoms with Crippen LogP contribution in [0.1, 0.15) is 24.2 Å². The number of sulfonamides is 1. The van der Waals surface area contributed by atoms with Gasteiger partial charge in [0.1, 0.15) is 10.6 Å². The average Bonchev–Trinajstić information content (AvgIpc) is 2.56. The molecular weight excluding hydrogens is 401 g/mol. The summed E-state index contributed by atoms with van der Waals surface area (Å²) >= 11 is 11.8. The number of benzene rings is 2. The Hall–Kier alpha value is -1.80. The molecule has 0 aliphatic rings. The standard InChI is InChI=1S/C17H17Cl2NO5S/c1-10(2)20-26(22,23)16-8-11(4-7-14(16)24-3)17(21)25-15-9-12(18)5-6-13(15)19/h4-10,20H,1-3H3. The minimum Gasteiger partial charge on any atom is -0.495 e. The maximum Gasteiger partial charge on any atom is 0.343 e. The van der Waals surface area contributed by atoms with E-state index in [1.807, 2.05) is 0 Å². The summed E-state index contributed by atoms with van der Waals surface area (Å²) in [6.07, 6.45) is 0. The molecule has 0 heterocycles. The van der Waals surface area contributed by atoms with Gasteiger partial charge in [-0.1, -0.05) is 23.2 Å². The molecule has 0 aliphatic heterocycles. The van der Waals surface area contributed by atoms with Crippen LogP contribution >= 0.6 is 23.2 Å². The Labute approximate surface area is 162 Å². The second-order valence-electron chi connectivity index (χ2n) is 5.61. The molecule has 2 aromatic rings. The summed E-state index contributed by atoms with van der Waals surface area (Å²) < 4.78 is 37.7. The second-order valence-corrected chi connectivity index (χ2v) is 8.13. The zero-order chi connectivity index (χ0) is 19.5. The number of nitrogens with one attached hydrogen (secondary N) is 1. The summed E-state index contributed by atoms with van der Waals surface area (Å²) in [6, 6.07) is 8.07. The molecule has 0 fully saturated rings. The molecule has 0 bridgehead atoms. The molecule has 0 radical (unpaired) electrons. The van der Waals surface area contributed by atoms with Gasteiger partial charge in [-0.05, 0) is 44.2 Å². The van der Waals surface area contributed by atoms with Gasteiger partial charge >= 0.3 is 5.97 Å². The highest BCUT2D eigenvalue weighted by molar-refractivity contribution is 7.89. The van der Waals surface area contributed by atoms with Crippen LogP contribution in [-0.2, 0) is 10.0 Å². The van der Waals surface area contributed by atoms with E-state index in [2.05, 4.69) is 4.72 Å². The van der Waals surface area contributed by atoms with Crippen molar-refractivity contribution in [3.63, 3.8) is 0 Å². The summed E-state index contributed by atoms with van der Waals surface area (Å²) in [4.78, 5) is 12.2. The molecule has 140 valence electrons. The first-order chi connectivity index (χ1) is 12.1. The molecule has 2 rings (SSSR count). The van der Waals surface area contributed by atoms with Gasteiger partial charge in [-0.3, -0.25) is 0 Å². The Bertz CT molecular complexity index is 929. The number of esters is 1. The number of halogens is 2. The number of carbonyl (C=O) groups is 1. The number of hydrogen-bond donors (Lipinski definition) is 1. The Balaban J connectivity index is 2.40. The lowest BCUT2D eigenvalue weighted by atomic mass is 10.2. The summed E-state index contributed by atoms with van der Waals surface area (Å²) in [5, 5.41) is 0.543. The van der Waals surface area contributed by atoms with Gasteiger partial charge in [-0.2, -0.15) is 0 Å². The monoisotopic (exact) mass is 417 g/mol. The SMILES string of the molecule is COc1ccc(C(=O)Oc2cc(Cl)ccc2Cl)cc1S(=O)(=O)NC(C)C. The van der Waals surface area contributed by atoms with E-state index in [0.717, 1.165) is 0 Å². The molecule has 0 unspecified atom stereocenters. The Kier molecular flexibility index (Phi) is 6.52. The van der Waals surface area contributed by atoms with E-state index in [4.69, 9.17) is 32.7 Å². The van der Waals surface area contributed by atoms with Crippen LogP contribution in [0.4, 0.5) is 0 Å². The molecule has 0 aromatic heterocycles. The normalized spacial score (nSPS) is 11.5. The van der Waals surface area contributed by atoms with E-state index in [0.29, 0.717) is 5.02 Å². The first-order valence-corrected chi connectivity index (χ1v) is 9.75. The van der Waals surface area contributed by atoms with E-state index in [9.17, 15) is 13.2 Å². The van der Waals surface area contributed by atoms with E-state index < -0.39 is 16.0 Å². The number of ether oxygens (including phenoxy) is 2. The second kappa shape index (κ2) is 8.26. The smallest absolute Gasteiger partial charge is 0.343 e. The predicted molar refractivity (Wildman–Crippen MR) is 99.9 cm³/mol. The molecule has 0 saturated heterocycles. The van der Waals surface area contributed by atoms with Crippen LogP contribution in [0.3, 0.4) is 0 Å². The van der Waals surface area contributed by atoms with E-state index in [1.165, 1.54) is 37.4 Å². The van der Waals surface area contributed by atoms with Crippen LogP contribution in [0, 0.1) is 0 Å². The van der Waals surface area contributed by atoms with E-state index >= 15 is 0 Å². The van der Waals surface area contributed by atoms with E-state index in [1.54, 1.807) is 19.9 Å². The predicted octanol–water partition coefficient (Wildman–Crippen LogP) is 3.91. The van der Waals surface area contributed by atoms with Gasteiger partial charge in [0, 0.05) is 17.1 Å². The van der Waals surface area contributed by atoms with Crippen LogP contribution in [-0.4, -0.2) is 27.5 Å². The third kappa shape index (κ3) is 4.88. The third-order valence-corrected chi connectivity index (χ3v) is 5.40. The van der Waals surface area contributed by atoms with Gasteiger partial charge in [0.15, 0.2) is 5.75 Å². The lowest BCUT2D eigenvalue weighted by Gasteiger charge is -2.14. The summed E-state index contributed by atoms with van der Waals surface area (Å²) in [5.74, 6) is -0.599. The summed E-state index contributed by atoms with van der Waals surface area (Å²) in [5.41, 5.74) is 0.0194. The molecule has 1 N–H and O–H groups in total. The number of rotatable bonds is 6. The van der Waals surface area contributed by atoms with Crippen molar-refractivity contribution in [2.75, 3.05) is 7.11 Å².